The van der Waals surface area contributed by atoms with Crippen molar-refractivity contribution in [2.24, 2.45) is 5.92 Å². The summed E-state index contributed by atoms with van der Waals surface area (Å²) < 4.78 is 16.1. The van der Waals surface area contributed by atoms with E-state index < -0.39 is 36.2 Å². The van der Waals surface area contributed by atoms with Crippen molar-refractivity contribution in [2.45, 2.75) is 6.42 Å². The summed E-state index contributed by atoms with van der Waals surface area (Å²) in [6, 6.07) is 9.48. The van der Waals surface area contributed by atoms with Crippen molar-refractivity contribution >= 4 is 56.9 Å². The highest BCUT2D eigenvalue weighted by atomic mass is 79.9. The first-order chi connectivity index (χ1) is 16.2. The third-order valence-corrected chi connectivity index (χ3v) is 5.67. The number of esters is 1. The quantitative estimate of drug-likeness (QED) is 0.481. The highest BCUT2D eigenvalue weighted by Crippen LogP contribution is 2.26. The van der Waals surface area contributed by atoms with Crippen LogP contribution in [0.5, 0.6) is 11.5 Å². The molecule has 1 aliphatic heterocycles. The van der Waals surface area contributed by atoms with Gasteiger partial charge in [-0.25, -0.2) is 0 Å². The van der Waals surface area contributed by atoms with Crippen LogP contribution in [-0.2, 0) is 19.1 Å². The lowest BCUT2D eigenvalue weighted by Crippen LogP contribution is -2.43. The van der Waals surface area contributed by atoms with E-state index in [9.17, 15) is 19.2 Å². The number of carbonyl (C=O) groups is 4. The summed E-state index contributed by atoms with van der Waals surface area (Å²) in [7, 11) is 2.90. The summed E-state index contributed by atoms with van der Waals surface area (Å²) >= 11 is 9.31. The Morgan fingerprint density at radius 1 is 1.12 bits per heavy atom. The first kappa shape index (κ1) is 25.3. The number of carbonyl (C=O) groups excluding carboxylic acids is 4. The highest BCUT2D eigenvalue weighted by molar-refractivity contribution is 9.10. The molecule has 1 fully saturated rings. The molecule has 2 aromatic carbocycles. The van der Waals surface area contributed by atoms with Crippen molar-refractivity contribution < 1.29 is 33.4 Å². The van der Waals surface area contributed by atoms with Crippen molar-refractivity contribution in [3.63, 3.8) is 0 Å². The van der Waals surface area contributed by atoms with E-state index in [1.807, 2.05) is 0 Å². The summed E-state index contributed by atoms with van der Waals surface area (Å²) in [6.07, 6.45) is -0.166. The predicted molar refractivity (Wildman–Crippen MR) is 126 cm³/mol. The molecule has 1 aliphatic rings. The number of benzene rings is 2. The maximum absolute atomic E-state index is 12.6. The molecule has 0 radical (unpaired) electrons. The van der Waals surface area contributed by atoms with E-state index in [4.69, 9.17) is 25.8 Å². The van der Waals surface area contributed by atoms with Crippen LogP contribution in [0, 0.1) is 5.92 Å². The van der Waals surface area contributed by atoms with Crippen molar-refractivity contribution in [1.82, 2.24) is 10.4 Å². The van der Waals surface area contributed by atoms with Crippen LogP contribution < -0.4 is 20.2 Å². The van der Waals surface area contributed by atoms with E-state index >= 15 is 0 Å². The fourth-order valence-electron chi connectivity index (χ4n) is 3.13. The molecule has 12 heteroatoms. The zero-order valence-electron chi connectivity index (χ0n) is 18.2. The fourth-order valence-corrected chi connectivity index (χ4v) is 3.85. The van der Waals surface area contributed by atoms with Crippen molar-refractivity contribution in [1.29, 1.82) is 0 Å². The minimum atomic E-state index is -0.836. The van der Waals surface area contributed by atoms with Gasteiger partial charge in [-0.05, 0) is 30.3 Å². The second-order valence-corrected chi connectivity index (χ2v) is 8.55. The Hall–Kier alpha value is -3.31. The number of hydrazine groups is 1. The summed E-state index contributed by atoms with van der Waals surface area (Å²) in [5.74, 6) is -2.38. The fraction of sp³-hybridized carbons (Fsp3) is 0.273. The number of rotatable bonds is 8. The first-order valence-electron chi connectivity index (χ1n) is 9.96. The molecule has 0 spiro atoms. The van der Waals surface area contributed by atoms with Crippen LogP contribution in [0.1, 0.15) is 16.8 Å². The normalized spacial score (nSPS) is 15.0. The standard InChI is InChI=1S/C22H21BrClN3O7/c1-32-15-5-12(6-16(9-15)33-2)21(30)26-27-10-13(7-20(27)29)22(31)34-11-19(28)25-18-4-3-14(23)8-17(18)24/h3-6,8-9,13H,7,10-11H2,1-2H3,(H,25,28)(H,26,30)/t13-/m1/s1. The average Bonchev–Trinajstić information content (AvgIpc) is 3.18. The number of halogens is 2. The number of ether oxygens (including phenoxy) is 3. The van der Waals surface area contributed by atoms with Crippen LogP contribution in [0.2, 0.25) is 5.02 Å². The van der Waals surface area contributed by atoms with Gasteiger partial charge in [0, 0.05) is 22.5 Å². The molecule has 10 nitrogen and oxygen atoms in total. The summed E-state index contributed by atoms with van der Waals surface area (Å²) in [4.78, 5) is 49.4. The molecule has 0 aliphatic carbocycles. The average molecular weight is 555 g/mol. The first-order valence-corrected chi connectivity index (χ1v) is 11.1. The van der Waals surface area contributed by atoms with Gasteiger partial charge in [0.25, 0.3) is 11.8 Å². The van der Waals surface area contributed by atoms with Crippen molar-refractivity contribution in [3.05, 3.63) is 51.5 Å². The Balaban J connectivity index is 1.53. The molecular formula is C22H21BrClN3O7. The maximum Gasteiger partial charge on any atom is 0.311 e. The van der Waals surface area contributed by atoms with Crippen LogP contribution in [0.15, 0.2) is 40.9 Å². The molecule has 1 heterocycles. The van der Waals surface area contributed by atoms with E-state index in [1.165, 1.54) is 26.4 Å². The zero-order valence-corrected chi connectivity index (χ0v) is 20.6. The molecule has 1 atom stereocenters. The monoisotopic (exact) mass is 553 g/mol. The number of nitrogens with one attached hydrogen (secondary N) is 2. The van der Waals surface area contributed by atoms with Gasteiger partial charge in [-0.3, -0.25) is 29.6 Å². The summed E-state index contributed by atoms with van der Waals surface area (Å²) in [6.45, 7) is -0.642. The topological polar surface area (TPSA) is 123 Å². The second-order valence-electron chi connectivity index (χ2n) is 7.23. The van der Waals surface area contributed by atoms with Crippen LogP contribution in [0.3, 0.4) is 0 Å². The van der Waals surface area contributed by atoms with E-state index in [2.05, 4.69) is 26.7 Å². The smallest absolute Gasteiger partial charge is 0.311 e. The molecule has 180 valence electrons. The Kier molecular flexibility index (Phi) is 8.35. The Labute approximate surface area is 208 Å². The van der Waals surface area contributed by atoms with Crippen molar-refractivity contribution in [3.8, 4) is 11.5 Å². The number of anilines is 1. The van der Waals surface area contributed by atoms with Gasteiger partial charge in [0.05, 0.1) is 37.4 Å². The third-order valence-electron chi connectivity index (χ3n) is 4.86. The Morgan fingerprint density at radius 2 is 1.79 bits per heavy atom. The Morgan fingerprint density at radius 3 is 2.41 bits per heavy atom. The lowest BCUT2D eigenvalue weighted by Gasteiger charge is -2.18. The summed E-state index contributed by atoms with van der Waals surface area (Å²) in [5, 5.41) is 3.90. The van der Waals surface area contributed by atoms with Gasteiger partial charge >= 0.3 is 5.97 Å². The molecular weight excluding hydrogens is 534 g/mol. The SMILES string of the molecule is COc1cc(OC)cc(C(=O)NN2C[C@H](C(=O)OCC(=O)Nc3ccc(Br)cc3Cl)CC2=O)c1. The molecule has 2 N–H and O–H groups in total. The molecule has 3 amide bonds. The molecule has 0 saturated carbocycles. The predicted octanol–water partition coefficient (Wildman–Crippen LogP) is 2.79. The second kappa shape index (κ2) is 11.2. The highest BCUT2D eigenvalue weighted by Gasteiger charge is 2.36. The van der Waals surface area contributed by atoms with Gasteiger partial charge in [0.15, 0.2) is 6.61 Å². The molecule has 0 unspecified atom stereocenters. The lowest BCUT2D eigenvalue weighted by molar-refractivity contribution is -0.151. The van der Waals surface area contributed by atoms with Crippen LogP contribution in [0.25, 0.3) is 0 Å². The molecule has 0 aromatic heterocycles. The largest absolute Gasteiger partial charge is 0.497 e. The molecule has 3 rings (SSSR count). The van der Waals surface area contributed by atoms with Gasteiger partial charge < -0.3 is 19.5 Å². The van der Waals surface area contributed by atoms with Crippen LogP contribution >= 0.6 is 27.5 Å². The molecule has 34 heavy (non-hydrogen) atoms. The van der Waals surface area contributed by atoms with Crippen LogP contribution in [-0.4, -0.2) is 56.1 Å². The zero-order chi connectivity index (χ0) is 24.8. The number of methoxy groups -OCH3 is 2. The lowest BCUT2D eigenvalue weighted by atomic mass is 10.1. The number of hydrogen-bond donors (Lipinski definition) is 2. The minimum Gasteiger partial charge on any atom is -0.497 e. The molecule has 1 saturated heterocycles. The van der Waals surface area contributed by atoms with Gasteiger partial charge in [-0.2, -0.15) is 0 Å². The van der Waals surface area contributed by atoms with E-state index in [0.29, 0.717) is 22.2 Å². The maximum atomic E-state index is 12.6. The van der Waals surface area contributed by atoms with E-state index in [0.717, 1.165) is 9.48 Å². The number of hydrogen-bond acceptors (Lipinski definition) is 7. The van der Waals surface area contributed by atoms with Gasteiger partial charge in [-0.15, -0.1) is 0 Å². The van der Waals surface area contributed by atoms with Crippen molar-refractivity contribution in [2.75, 3.05) is 32.7 Å². The van der Waals surface area contributed by atoms with E-state index in [1.54, 1.807) is 24.3 Å². The van der Waals surface area contributed by atoms with Gasteiger partial charge in [-0.1, -0.05) is 27.5 Å². The van der Waals surface area contributed by atoms with Crippen LogP contribution in [0.4, 0.5) is 5.69 Å². The van der Waals surface area contributed by atoms with Gasteiger partial charge in [0.1, 0.15) is 11.5 Å². The molecule has 0 bridgehead atoms. The number of nitrogens with zero attached hydrogens (tertiary/aromatic N) is 1. The summed E-state index contributed by atoms with van der Waals surface area (Å²) in [5.41, 5.74) is 3.04. The van der Waals surface area contributed by atoms with E-state index in [-0.39, 0.29) is 18.5 Å². The minimum absolute atomic E-state index is 0.0926. The van der Waals surface area contributed by atoms with Gasteiger partial charge in [0.2, 0.25) is 5.91 Å². The third kappa shape index (κ3) is 6.39. The molecule has 2 aromatic rings. The number of amides is 3. The Bertz CT molecular complexity index is 1110.